The normalized spacial score (nSPS) is 24.8. The third-order valence-electron chi connectivity index (χ3n) is 2.64. The van der Waals surface area contributed by atoms with Gasteiger partial charge in [0.25, 0.3) is 0 Å². The maximum atomic E-state index is 11.0. The van der Waals surface area contributed by atoms with Crippen LogP contribution in [0.5, 0.6) is 0 Å². The Balaban J connectivity index is 2.25. The van der Waals surface area contributed by atoms with Crippen molar-refractivity contribution >= 4 is 11.8 Å². The lowest BCUT2D eigenvalue weighted by atomic mass is 10.2. The summed E-state index contributed by atoms with van der Waals surface area (Å²) in [5, 5.41) is 26.3. The lowest BCUT2D eigenvalue weighted by Gasteiger charge is -2.21. The van der Waals surface area contributed by atoms with Crippen LogP contribution in [0.15, 0.2) is 12.1 Å². The molecule has 1 aliphatic rings. The Morgan fingerprint density at radius 2 is 2.25 bits per heavy atom. The SMILES string of the molecule is Cc1ccc(N2CC(O)CC2C(=O)O)nn1. The van der Waals surface area contributed by atoms with Gasteiger partial charge in [-0.25, -0.2) is 4.79 Å². The van der Waals surface area contributed by atoms with Gasteiger partial charge in [-0.15, -0.1) is 5.10 Å². The van der Waals surface area contributed by atoms with Gasteiger partial charge in [-0.3, -0.25) is 0 Å². The van der Waals surface area contributed by atoms with Crippen LogP contribution in [0.4, 0.5) is 5.82 Å². The molecule has 16 heavy (non-hydrogen) atoms. The molecule has 2 N–H and O–H groups in total. The summed E-state index contributed by atoms with van der Waals surface area (Å²) in [4.78, 5) is 12.6. The molecular weight excluding hydrogens is 210 g/mol. The predicted molar refractivity (Wildman–Crippen MR) is 56.2 cm³/mol. The maximum absolute atomic E-state index is 11.0. The molecule has 0 spiro atoms. The number of aliphatic carboxylic acids is 1. The Kier molecular flexibility index (Phi) is 2.74. The molecule has 6 heteroatoms. The third-order valence-corrected chi connectivity index (χ3v) is 2.64. The van der Waals surface area contributed by atoms with Gasteiger partial charge in [-0.1, -0.05) is 0 Å². The fourth-order valence-electron chi connectivity index (χ4n) is 1.85. The number of hydrogen-bond donors (Lipinski definition) is 2. The van der Waals surface area contributed by atoms with E-state index >= 15 is 0 Å². The van der Waals surface area contributed by atoms with Gasteiger partial charge in [0.2, 0.25) is 0 Å². The zero-order valence-corrected chi connectivity index (χ0v) is 8.87. The minimum atomic E-state index is -0.945. The molecule has 2 heterocycles. The third kappa shape index (κ3) is 1.96. The summed E-state index contributed by atoms with van der Waals surface area (Å²) in [6.07, 6.45) is -0.394. The van der Waals surface area contributed by atoms with E-state index in [1.165, 1.54) is 0 Å². The number of aliphatic hydroxyl groups is 1. The summed E-state index contributed by atoms with van der Waals surface area (Å²) < 4.78 is 0. The second-order valence-electron chi connectivity index (χ2n) is 3.93. The Bertz CT molecular complexity index is 393. The molecule has 0 aliphatic carbocycles. The number of anilines is 1. The molecule has 1 aromatic heterocycles. The van der Waals surface area contributed by atoms with Crippen LogP contribution in [0.3, 0.4) is 0 Å². The highest BCUT2D eigenvalue weighted by molar-refractivity contribution is 5.78. The average molecular weight is 223 g/mol. The fourth-order valence-corrected chi connectivity index (χ4v) is 1.85. The average Bonchev–Trinajstić information content (AvgIpc) is 2.61. The number of nitrogens with zero attached hydrogens (tertiary/aromatic N) is 3. The molecular formula is C10H13N3O3. The van der Waals surface area contributed by atoms with E-state index in [-0.39, 0.29) is 13.0 Å². The molecule has 0 saturated carbocycles. The van der Waals surface area contributed by atoms with E-state index in [0.29, 0.717) is 5.82 Å². The maximum Gasteiger partial charge on any atom is 0.326 e. The second kappa shape index (κ2) is 4.05. The number of carbonyl (C=O) groups is 1. The first-order valence-corrected chi connectivity index (χ1v) is 5.06. The molecule has 1 saturated heterocycles. The van der Waals surface area contributed by atoms with Gasteiger partial charge in [0.15, 0.2) is 5.82 Å². The number of aryl methyl sites for hydroxylation is 1. The number of rotatable bonds is 2. The monoisotopic (exact) mass is 223 g/mol. The molecule has 1 aromatic rings. The Hall–Kier alpha value is -1.69. The van der Waals surface area contributed by atoms with Gasteiger partial charge in [0, 0.05) is 13.0 Å². The zero-order chi connectivity index (χ0) is 11.7. The van der Waals surface area contributed by atoms with Crippen molar-refractivity contribution < 1.29 is 15.0 Å². The van der Waals surface area contributed by atoms with Gasteiger partial charge < -0.3 is 15.1 Å². The molecule has 2 atom stereocenters. The van der Waals surface area contributed by atoms with Gasteiger partial charge >= 0.3 is 5.97 Å². The molecule has 2 rings (SSSR count). The zero-order valence-electron chi connectivity index (χ0n) is 8.87. The van der Waals surface area contributed by atoms with Crippen LogP contribution in [-0.4, -0.2) is 45.1 Å². The minimum absolute atomic E-state index is 0.227. The first-order valence-electron chi connectivity index (χ1n) is 5.06. The topological polar surface area (TPSA) is 86.5 Å². The van der Waals surface area contributed by atoms with Crippen LogP contribution in [0.1, 0.15) is 12.1 Å². The summed E-state index contributed by atoms with van der Waals surface area (Å²) in [6, 6.07) is 2.77. The van der Waals surface area contributed by atoms with Crippen molar-refractivity contribution in [2.45, 2.75) is 25.5 Å². The fraction of sp³-hybridized carbons (Fsp3) is 0.500. The number of aliphatic hydroxyl groups excluding tert-OH is 1. The van der Waals surface area contributed by atoms with Crippen LogP contribution in [0.25, 0.3) is 0 Å². The highest BCUT2D eigenvalue weighted by atomic mass is 16.4. The number of β-amino-alcohol motifs (C(OH)–C–C–N with tert-alkyl or cyclic N) is 1. The van der Waals surface area contributed by atoms with E-state index in [0.717, 1.165) is 5.69 Å². The van der Waals surface area contributed by atoms with Gasteiger partial charge in [0.1, 0.15) is 6.04 Å². The van der Waals surface area contributed by atoms with Crippen LogP contribution in [0.2, 0.25) is 0 Å². The predicted octanol–water partition coefficient (Wildman–Crippen LogP) is -0.191. The standard InChI is InChI=1S/C10H13N3O3/c1-6-2-3-9(12-11-6)13-5-7(14)4-8(13)10(15)16/h2-3,7-8,14H,4-5H2,1H3,(H,15,16). The first-order chi connectivity index (χ1) is 7.58. The van der Waals surface area contributed by atoms with E-state index in [1.807, 2.05) is 6.92 Å². The lowest BCUT2D eigenvalue weighted by Crippen LogP contribution is -2.36. The second-order valence-corrected chi connectivity index (χ2v) is 3.93. The molecule has 0 radical (unpaired) electrons. The first kappa shape index (κ1) is 10.8. The molecule has 0 aromatic carbocycles. The van der Waals surface area contributed by atoms with E-state index in [1.54, 1.807) is 17.0 Å². The number of carboxylic acids is 1. The molecule has 0 amide bonds. The van der Waals surface area contributed by atoms with Crippen molar-refractivity contribution in [1.29, 1.82) is 0 Å². The lowest BCUT2D eigenvalue weighted by molar-refractivity contribution is -0.138. The van der Waals surface area contributed by atoms with Crippen molar-refractivity contribution in [2.75, 3.05) is 11.4 Å². The molecule has 0 bridgehead atoms. The van der Waals surface area contributed by atoms with E-state index in [9.17, 15) is 9.90 Å². The van der Waals surface area contributed by atoms with Crippen molar-refractivity contribution in [3.05, 3.63) is 17.8 Å². The molecule has 1 aliphatic heterocycles. The van der Waals surface area contributed by atoms with Gasteiger partial charge in [-0.05, 0) is 19.1 Å². The molecule has 86 valence electrons. The molecule has 2 unspecified atom stereocenters. The van der Waals surface area contributed by atoms with Crippen molar-refractivity contribution in [3.63, 3.8) is 0 Å². The smallest absolute Gasteiger partial charge is 0.326 e. The summed E-state index contributed by atoms with van der Waals surface area (Å²) in [6.45, 7) is 2.10. The number of hydrogen-bond acceptors (Lipinski definition) is 5. The Labute approximate surface area is 92.5 Å². The largest absolute Gasteiger partial charge is 0.480 e. The minimum Gasteiger partial charge on any atom is -0.480 e. The van der Waals surface area contributed by atoms with Gasteiger partial charge in [-0.2, -0.15) is 5.10 Å². The van der Waals surface area contributed by atoms with Crippen LogP contribution >= 0.6 is 0 Å². The Morgan fingerprint density at radius 3 is 2.81 bits per heavy atom. The van der Waals surface area contributed by atoms with Crippen molar-refractivity contribution in [1.82, 2.24) is 10.2 Å². The number of aromatic nitrogens is 2. The van der Waals surface area contributed by atoms with Crippen LogP contribution in [0, 0.1) is 6.92 Å². The van der Waals surface area contributed by atoms with Crippen LogP contribution in [-0.2, 0) is 4.79 Å². The quantitative estimate of drug-likeness (QED) is 0.722. The highest BCUT2D eigenvalue weighted by Crippen LogP contribution is 2.23. The Morgan fingerprint density at radius 1 is 1.50 bits per heavy atom. The summed E-state index contributed by atoms with van der Waals surface area (Å²) in [5.41, 5.74) is 0.773. The van der Waals surface area contributed by atoms with E-state index in [2.05, 4.69) is 10.2 Å². The van der Waals surface area contributed by atoms with Gasteiger partial charge in [0.05, 0.1) is 11.8 Å². The van der Waals surface area contributed by atoms with Crippen molar-refractivity contribution in [3.8, 4) is 0 Å². The van der Waals surface area contributed by atoms with Crippen molar-refractivity contribution in [2.24, 2.45) is 0 Å². The molecule has 6 nitrogen and oxygen atoms in total. The highest BCUT2D eigenvalue weighted by Gasteiger charge is 2.36. The summed E-state index contributed by atoms with van der Waals surface area (Å²) >= 11 is 0. The van der Waals surface area contributed by atoms with Crippen LogP contribution < -0.4 is 4.90 Å². The summed E-state index contributed by atoms with van der Waals surface area (Å²) in [7, 11) is 0. The van der Waals surface area contributed by atoms with E-state index < -0.39 is 18.1 Å². The van der Waals surface area contributed by atoms with E-state index in [4.69, 9.17) is 5.11 Å². The molecule has 1 fully saturated rings. The number of carboxylic acid groups (broad SMARTS) is 1. The summed E-state index contributed by atoms with van der Waals surface area (Å²) in [5.74, 6) is -0.450.